The molecule has 1 amide bonds. The van der Waals surface area contributed by atoms with Gasteiger partial charge < -0.3 is 15.4 Å². The van der Waals surface area contributed by atoms with Gasteiger partial charge >= 0.3 is 0 Å². The van der Waals surface area contributed by atoms with Crippen molar-refractivity contribution in [2.75, 3.05) is 25.5 Å². The summed E-state index contributed by atoms with van der Waals surface area (Å²) in [6.07, 6.45) is 2.13. The van der Waals surface area contributed by atoms with E-state index in [4.69, 9.17) is 10.5 Å². The van der Waals surface area contributed by atoms with E-state index >= 15 is 0 Å². The number of nitrogens with two attached hydrogens (primary N) is 1. The van der Waals surface area contributed by atoms with Gasteiger partial charge in [0.25, 0.3) is 5.91 Å². The molecule has 2 fully saturated rings. The van der Waals surface area contributed by atoms with Gasteiger partial charge in [-0.25, -0.2) is 0 Å². The number of carbonyl (C=O) groups is 1. The maximum Gasteiger partial charge on any atom is 0.254 e. The number of nitrogen functional groups attached to an aromatic ring is 1. The lowest BCUT2D eigenvalue weighted by Crippen LogP contribution is -2.50. The number of hydrogen-bond acceptors (Lipinski definition) is 3. The molecule has 1 heterocycles. The lowest BCUT2D eigenvalue weighted by Gasteiger charge is -2.36. The maximum atomic E-state index is 12.4. The molecule has 1 aliphatic carbocycles. The van der Waals surface area contributed by atoms with Crippen LogP contribution < -0.4 is 5.73 Å². The number of benzene rings is 1. The van der Waals surface area contributed by atoms with E-state index in [0.717, 1.165) is 12.8 Å². The van der Waals surface area contributed by atoms with Gasteiger partial charge in [-0.15, -0.1) is 0 Å². The van der Waals surface area contributed by atoms with Gasteiger partial charge in [-0.3, -0.25) is 4.79 Å². The quantitative estimate of drug-likeness (QED) is 0.742. The third kappa shape index (κ3) is 1.78. The smallest absolute Gasteiger partial charge is 0.254 e. The van der Waals surface area contributed by atoms with E-state index in [1.54, 1.807) is 24.3 Å². The van der Waals surface area contributed by atoms with Crippen LogP contribution in [0.5, 0.6) is 0 Å². The first-order chi connectivity index (χ1) is 8.21. The molecule has 0 atom stereocenters. The number of rotatable bonds is 1. The van der Waals surface area contributed by atoms with E-state index in [2.05, 4.69) is 0 Å². The summed E-state index contributed by atoms with van der Waals surface area (Å²) in [5, 5.41) is 0. The number of carbonyl (C=O) groups excluding carboxylic acids is 1. The molecule has 1 aromatic rings. The topological polar surface area (TPSA) is 55.6 Å². The van der Waals surface area contributed by atoms with Crippen LogP contribution in [0.2, 0.25) is 0 Å². The van der Waals surface area contributed by atoms with Gasteiger partial charge in [0.15, 0.2) is 0 Å². The fourth-order valence-electron chi connectivity index (χ4n) is 2.39. The Hall–Kier alpha value is -1.55. The van der Waals surface area contributed by atoms with E-state index in [1.807, 2.05) is 4.90 Å². The molecule has 1 aliphatic heterocycles. The Kier molecular flexibility index (Phi) is 2.33. The van der Waals surface area contributed by atoms with Crippen molar-refractivity contribution in [1.29, 1.82) is 0 Å². The van der Waals surface area contributed by atoms with Gasteiger partial charge in [0.05, 0.1) is 18.8 Å². The predicted molar refractivity (Wildman–Crippen MR) is 64.7 cm³/mol. The summed E-state index contributed by atoms with van der Waals surface area (Å²) in [6, 6.07) is 7.13. The van der Waals surface area contributed by atoms with Gasteiger partial charge in [-0.05, 0) is 37.1 Å². The van der Waals surface area contributed by atoms with Crippen molar-refractivity contribution in [2.24, 2.45) is 0 Å². The first-order valence-corrected chi connectivity index (χ1v) is 5.97. The third-order valence-corrected chi connectivity index (χ3v) is 3.63. The Labute approximate surface area is 100 Å². The van der Waals surface area contributed by atoms with Gasteiger partial charge in [0, 0.05) is 17.8 Å². The van der Waals surface area contributed by atoms with Gasteiger partial charge in [-0.1, -0.05) is 0 Å². The lowest BCUT2D eigenvalue weighted by atomic mass is 10.1. The first-order valence-electron chi connectivity index (χ1n) is 5.97. The second-order valence-electron chi connectivity index (χ2n) is 4.86. The monoisotopic (exact) mass is 232 g/mol. The highest BCUT2D eigenvalue weighted by atomic mass is 16.5. The number of amides is 1. The minimum absolute atomic E-state index is 0.00325. The molecule has 4 heteroatoms. The largest absolute Gasteiger partial charge is 0.399 e. The van der Waals surface area contributed by atoms with E-state index in [1.165, 1.54) is 0 Å². The van der Waals surface area contributed by atoms with Crippen molar-refractivity contribution in [3.63, 3.8) is 0 Å². The molecular formula is C13H16N2O2. The number of ether oxygens (including phenoxy) is 1. The minimum Gasteiger partial charge on any atom is -0.399 e. The highest BCUT2D eigenvalue weighted by molar-refractivity contribution is 5.95. The number of morpholine rings is 1. The molecule has 0 aromatic heterocycles. The molecule has 3 rings (SSSR count). The van der Waals surface area contributed by atoms with Crippen molar-refractivity contribution >= 4 is 11.6 Å². The summed E-state index contributed by atoms with van der Waals surface area (Å²) < 4.78 is 5.47. The van der Waals surface area contributed by atoms with Crippen LogP contribution in [0.25, 0.3) is 0 Å². The highest BCUT2D eigenvalue weighted by Gasteiger charge is 2.52. The third-order valence-electron chi connectivity index (χ3n) is 3.63. The Balaban J connectivity index is 1.83. The van der Waals surface area contributed by atoms with Crippen molar-refractivity contribution in [3.8, 4) is 0 Å². The Morgan fingerprint density at radius 2 is 2.00 bits per heavy atom. The summed E-state index contributed by atoms with van der Waals surface area (Å²) in [7, 11) is 0. The Bertz CT molecular complexity index is 437. The summed E-state index contributed by atoms with van der Waals surface area (Å²) >= 11 is 0. The van der Waals surface area contributed by atoms with E-state index in [9.17, 15) is 4.79 Å². The minimum atomic E-state index is -0.00325. The molecule has 2 aliphatic rings. The predicted octanol–water partition coefficient (Wildman–Crippen LogP) is 1.27. The average molecular weight is 232 g/mol. The number of nitrogens with zero attached hydrogens (tertiary/aromatic N) is 1. The van der Waals surface area contributed by atoms with Crippen molar-refractivity contribution in [1.82, 2.24) is 4.90 Å². The molecule has 1 saturated carbocycles. The highest BCUT2D eigenvalue weighted by Crippen LogP contribution is 2.44. The molecule has 0 bridgehead atoms. The zero-order valence-electron chi connectivity index (χ0n) is 9.69. The first kappa shape index (κ1) is 10.6. The van der Waals surface area contributed by atoms with Crippen LogP contribution in [0.4, 0.5) is 5.69 Å². The van der Waals surface area contributed by atoms with Crippen LogP contribution in [0, 0.1) is 0 Å². The van der Waals surface area contributed by atoms with Gasteiger partial charge in [0.2, 0.25) is 0 Å². The molecule has 1 spiro atoms. The zero-order valence-corrected chi connectivity index (χ0v) is 9.69. The summed E-state index contributed by atoms with van der Waals surface area (Å²) in [6.45, 7) is 2.03. The van der Waals surface area contributed by atoms with Gasteiger partial charge in [0.1, 0.15) is 0 Å². The molecule has 2 N–H and O–H groups in total. The number of anilines is 1. The molecule has 90 valence electrons. The molecular weight excluding hydrogens is 216 g/mol. The molecule has 4 nitrogen and oxygen atoms in total. The lowest BCUT2D eigenvalue weighted by molar-refractivity contribution is -0.0117. The Morgan fingerprint density at radius 3 is 2.65 bits per heavy atom. The molecule has 1 aromatic carbocycles. The summed E-state index contributed by atoms with van der Waals surface area (Å²) in [5.41, 5.74) is 7.02. The van der Waals surface area contributed by atoms with E-state index in [-0.39, 0.29) is 11.4 Å². The zero-order chi connectivity index (χ0) is 11.9. The van der Waals surface area contributed by atoms with Crippen molar-refractivity contribution < 1.29 is 9.53 Å². The Morgan fingerprint density at radius 1 is 1.29 bits per heavy atom. The van der Waals surface area contributed by atoms with E-state index < -0.39 is 0 Å². The SMILES string of the molecule is Nc1ccc(C(=O)N2CCOCC23CC3)cc1. The van der Waals surface area contributed by atoms with Crippen LogP contribution in [-0.4, -0.2) is 36.1 Å². The summed E-state index contributed by atoms with van der Waals surface area (Å²) in [5.74, 6) is 0.103. The standard InChI is InChI=1S/C13H16N2O2/c14-11-3-1-10(2-4-11)12(16)15-7-8-17-9-13(15)5-6-13/h1-4H,5-9,14H2. The van der Waals surface area contributed by atoms with Crippen molar-refractivity contribution in [2.45, 2.75) is 18.4 Å². The van der Waals surface area contributed by atoms with Crippen LogP contribution in [-0.2, 0) is 4.74 Å². The fraction of sp³-hybridized carbons (Fsp3) is 0.462. The second-order valence-corrected chi connectivity index (χ2v) is 4.86. The molecule has 0 radical (unpaired) electrons. The second kappa shape index (κ2) is 3.74. The molecule has 17 heavy (non-hydrogen) atoms. The maximum absolute atomic E-state index is 12.4. The van der Waals surface area contributed by atoms with Crippen molar-refractivity contribution in [3.05, 3.63) is 29.8 Å². The fourth-order valence-corrected chi connectivity index (χ4v) is 2.39. The average Bonchev–Trinajstić information content (AvgIpc) is 3.10. The number of hydrogen-bond donors (Lipinski definition) is 1. The molecule has 1 saturated heterocycles. The normalized spacial score (nSPS) is 21.5. The van der Waals surface area contributed by atoms with Crippen LogP contribution in [0.15, 0.2) is 24.3 Å². The summed E-state index contributed by atoms with van der Waals surface area (Å²) in [4.78, 5) is 14.4. The van der Waals surface area contributed by atoms with E-state index in [0.29, 0.717) is 31.0 Å². The van der Waals surface area contributed by atoms with Gasteiger partial charge in [-0.2, -0.15) is 0 Å². The molecule has 0 unspecified atom stereocenters. The van der Waals surface area contributed by atoms with Crippen LogP contribution in [0.1, 0.15) is 23.2 Å². The van der Waals surface area contributed by atoms with Crippen LogP contribution >= 0.6 is 0 Å². The van der Waals surface area contributed by atoms with Crippen LogP contribution in [0.3, 0.4) is 0 Å².